The lowest BCUT2D eigenvalue weighted by Crippen LogP contribution is -2.33. The minimum atomic E-state index is -0.244. The molecule has 0 atom stereocenters. The molecule has 5 nitrogen and oxygen atoms in total. The van der Waals surface area contributed by atoms with Gasteiger partial charge < -0.3 is 15.8 Å². The first-order valence-corrected chi connectivity index (χ1v) is 8.15. The average Bonchev–Trinajstić information content (AvgIpc) is 2.54. The summed E-state index contributed by atoms with van der Waals surface area (Å²) in [6.45, 7) is 7.27. The molecule has 0 amide bonds. The van der Waals surface area contributed by atoms with E-state index in [2.05, 4.69) is 15.3 Å². The number of nitrogens with two attached hydrogens (primary N) is 1. The molecule has 24 heavy (non-hydrogen) atoms. The highest BCUT2D eigenvalue weighted by Gasteiger charge is 2.14. The molecule has 0 aliphatic rings. The van der Waals surface area contributed by atoms with Crippen LogP contribution in [0.15, 0.2) is 53.7 Å². The van der Waals surface area contributed by atoms with Gasteiger partial charge in [-0.25, -0.2) is 4.99 Å². The van der Waals surface area contributed by atoms with Crippen LogP contribution in [0.5, 0.6) is 5.75 Å². The number of benzene rings is 1. The summed E-state index contributed by atoms with van der Waals surface area (Å²) in [5.74, 6) is 1.27. The van der Waals surface area contributed by atoms with Gasteiger partial charge >= 0.3 is 0 Å². The van der Waals surface area contributed by atoms with E-state index >= 15 is 0 Å². The number of hydrogen-bond acceptors (Lipinski definition) is 3. The van der Waals surface area contributed by atoms with Gasteiger partial charge in [0.05, 0.1) is 6.54 Å². The molecule has 1 aromatic heterocycles. The van der Waals surface area contributed by atoms with Crippen molar-refractivity contribution in [3.8, 4) is 5.75 Å². The highest BCUT2D eigenvalue weighted by Crippen LogP contribution is 2.23. The summed E-state index contributed by atoms with van der Waals surface area (Å²) in [5, 5.41) is 3.12. The normalized spacial score (nSPS) is 12.0. The molecule has 0 aliphatic heterocycles. The summed E-state index contributed by atoms with van der Waals surface area (Å²) in [5.41, 5.74) is 7.74. The molecule has 2 rings (SSSR count). The zero-order valence-corrected chi connectivity index (χ0v) is 14.6. The first-order valence-electron chi connectivity index (χ1n) is 8.15. The van der Waals surface area contributed by atoms with Crippen molar-refractivity contribution in [3.63, 3.8) is 0 Å². The summed E-state index contributed by atoms with van der Waals surface area (Å²) in [4.78, 5) is 8.68. The standard InChI is InChI=1S/C19H26N4O/c1-19(2,3)24-17-10-5-4-8-15(17)14-23-18(20)22-13-11-16-9-6-7-12-21-16/h4-10,12H,11,13-14H2,1-3H3,(H3,20,22,23). The second-order valence-electron chi connectivity index (χ2n) is 6.52. The summed E-state index contributed by atoms with van der Waals surface area (Å²) >= 11 is 0. The lowest BCUT2D eigenvalue weighted by atomic mass is 10.1. The van der Waals surface area contributed by atoms with Gasteiger partial charge in [-0.15, -0.1) is 0 Å². The lowest BCUT2D eigenvalue weighted by molar-refractivity contribution is 0.129. The van der Waals surface area contributed by atoms with Crippen molar-refractivity contribution < 1.29 is 4.74 Å². The van der Waals surface area contributed by atoms with E-state index in [0.29, 0.717) is 19.0 Å². The first-order chi connectivity index (χ1) is 11.4. The van der Waals surface area contributed by atoms with Gasteiger partial charge in [0.25, 0.3) is 0 Å². The predicted octanol–water partition coefficient (Wildman–Crippen LogP) is 2.91. The van der Waals surface area contributed by atoms with Crippen LogP contribution in [0.4, 0.5) is 0 Å². The van der Waals surface area contributed by atoms with E-state index in [4.69, 9.17) is 10.5 Å². The molecule has 0 unspecified atom stereocenters. The molecule has 2 aromatic rings. The van der Waals surface area contributed by atoms with Gasteiger partial charge in [-0.05, 0) is 39.0 Å². The Morgan fingerprint density at radius 3 is 2.62 bits per heavy atom. The quantitative estimate of drug-likeness (QED) is 0.632. The molecule has 1 aromatic carbocycles. The van der Waals surface area contributed by atoms with E-state index in [1.165, 1.54) is 0 Å². The Morgan fingerprint density at radius 1 is 1.17 bits per heavy atom. The van der Waals surface area contributed by atoms with Gasteiger partial charge in [-0.2, -0.15) is 0 Å². The van der Waals surface area contributed by atoms with Crippen LogP contribution in [0.3, 0.4) is 0 Å². The third-order valence-electron chi connectivity index (χ3n) is 3.22. The number of aromatic nitrogens is 1. The minimum absolute atomic E-state index is 0.244. The van der Waals surface area contributed by atoms with Crippen molar-refractivity contribution in [1.29, 1.82) is 0 Å². The maximum atomic E-state index is 5.97. The van der Waals surface area contributed by atoms with Crippen LogP contribution in [0.25, 0.3) is 0 Å². The Bertz CT molecular complexity index is 663. The molecule has 5 heteroatoms. The second-order valence-corrected chi connectivity index (χ2v) is 6.52. The first kappa shape index (κ1) is 17.8. The summed E-state index contributed by atoms with van der Waals surface area (Å²) in [6.07, 6.45) is 2.60. The monoisotopic (exact) mass is 326 g/mol. The fourth-order valence-electron chi connectivity index (χ4n) is 2.15. The number of hydrogen-bond donors (Lipinski definition) is 2. The van der Waals surface area contributed by atoms with Crippen molar-refractivity contribution >= 4 is 5.96 Å². The Balaban J connectivity index is 1.88. The summed E-state index contributed by atoms with van der Waals surface area (Å²) < 4.78 is 5.97. The SMILES string of the molecule is CC(C)(C)Oc1ccccc1CN=C(N)NCCc1ccccn1. The Labute approximate surface area is 144 Å². The molecule has 3 N–H and O–H groups in total. The van der Waals surface area contributed by atoms with Crippen LogP contribution in [0.2, 0.25) is 0 Å². The van der Waals surface area contributed by atoms with E-state index < -0.39 is 0 Å². The molecule has 0 fully saturated rings. The van der Waals surface area contributed by atoms with E-state index in [9.17, 15) is 0 Å². The van der Waals surface area contributed by atoms with Crippen LogP contribution < -0.4 is 15.8 Å². The van der Waals surface area contributed by atoms with Crippen LogP contribution in [0, 0.1) is 0 Å². The molecule has 0 aliphatic carbocycles. The Hall–Kier alpha value is -2.56. The number of ether oxygens (including phenoxy) is 1. The molecule has 0 saturated heterocycles. The fourth-order valence-corrected chi connectivity index (χ4v) is 2.15. The highest BCUT2D eigenvalue weighted by molar-refractivity contribution is 5.77. The number of guanidine groups is 1. The van der Waals surface area contributed by atoms with Crippen LogP contribution in [-0.4, -0.2) is 23.1 Å². The van der Waals surface area contributed by atoms with Crippen molar-refractivity contribution in [2.45, 2.75) is 39.3 Å². The molecule has 0 bridgehead atoms. The number of nitrogens with one attached hydrogen (secondary N) is 1. The summed E-state index contributed by atoms with van der Waals surface area (Å²) in [6, 6.07) is 13.8. The van der Waals surface area contributed by atoms with Gasteiger partial charge in [0.2, 0.25) is 0 Å². The summed E-state index contributed by atoms with van der Waals surface area (Å²) in [7, 11) is 0. The van der Waals surface area contributed by atoms with Gasteiger partial charge in [-0.3, -0.25) is 4.98 Å². The molecular formula is C19H26N4O. The van der Waals surface area contributed by atoms with Crippen molar-refractivity contribution in [2.75, 3.05) is 6.54 Å². The van der Waals surface area contributed by atoms with Crippen molar-refractivity contribution in [3.05, 3.63) is 59.9 Å². The molecule has 128 valence electrons. The zero-order chi connectivity index (χ0) is 17.4. The Kier molecular flexibility index (Phi) is 6.18. The van der Waals surface area contributed by atoms with Crippen LogP contribution >= 0.6 is 0 Å². The van der Waals surface area contributed by atoms with Gasteiger partial charge in [0.15, 0.2) is 5.96 Å². The molecule has 1 heterocycles. The largest absolute Gasteiger partial charge is 0.488 e. The van der Waals surface area contributed by atoms with E-state index in [1.807, 2.05) is 63.2 Å². The maximum Gasteiger partial charge on any atom is 0.188 e. The second kappa shape index (κ2) is 8.34. The third kappa shape index (κ3) is 6.28. The zero-order valence-electron chi connectivity index (χ0n) is 14.6. The Morgan fingerprint density at radius 2 is 1.92 bits per heavy atom. The number of pyridine rings is 1. The molecular weight excluding hydrogens is 300 g/mol. The number of rotatable bonds is 6. The highest BCUT2D eigenvalue weighted by atomic mass is 16.5. The maximum absolute atomic E-state index is 5.97. The molecule has 0 saturated carbocycles. The fraction of sp³-hybridized carbons (Fsp3) is 0.368. The molecule has 0 spiro atoms. The number of nitrogens with zero attached hydrogens (tertiary/aromatic N) is 2. The predicted molar refractivity (Wildman–Crippen MR) is 98.1 cm³/mol. The van der Waals surface area contributed by atoms with Crippen LogP contribution in [0.1, 0.15) is 32.0 Å². The average molecular weight is 326 g/mol. The smallest absolute Gasteiger partial charge is 0.188 e. The van der Waals surface area contributed by atoms with Gasteiger partial charge in [-0.1, -0.05) is 24.3 Å². The van der Waals surface area contributed by atoms with Gasteiger partial charge in [0, 0.05) is 30.4 Å². The topological polar surface area (TPSA) is 72.5 Å². The molecule has 0 radical (unpaired) electrons. The van der Waals surface area contributed by atoms with E-state index in [1.54, 1.807) is 6.20 Å². The van der Waals surface area contributed by atoms with Crippen molar-refractivity contribution in [1.82, 2.24) is 10.3 Å². The number of para-hydroxylation sites is 1. The van der Waals surface area contributed by atoms with Crippen LogP contribution in [-0.2, 0) is 13.0 Å². The van der Waals surface area contributed by atoms with E-state index in [-0.39, 0.29) is 5.60 Å². The van der Waals surface area contributed by atoms with Gasteiger partial charge in [0.1, 0.15) is 11.4 Å². The van der Waals surface area contributed by atoms with E-state index in [0.717, 1.165) is 23.4 Å². The van der Waals surface area contributed by atoms with Crippen molar-refractivity contribution in [2.24, 2.45) is 10.7 Å². The third-order valence-corrected chi connectivity index (χ3v) is 3.22. The lowest BCUT2D eigenvalue weighted by Gasteiger charge is -2.23. The number of aliphatic imine (C=N–C) groups is 1. The minimum Gasteiger partial charge on any atom is -0.488 e.